The minimum atomic E-state index is -0.283. The van der Waals surface area contributed by atoms with Crippen molar-refractivity contribution in [3.63, 3.8) is 0 Å². The van der Waals surface area contributed by atoms with Crippen LogP contribution in [0.3, 0.4) is 0 Å². The number of piperidine rings is 1. The Balaban J connectivity index is 1.77. The summed E-state index contributed by atoms with van der Waals surface area (Å²) in [4.78, 5) is 26.1. The second-order valence-corrected chi connectivity index (χ2v) is 5.31. The first kappa shape index (κ1) is 13.7. The molecule has 110 valence electrons. The Morgan fingerprint density at radius 1 is 1.38 bits per heavy atom. The van der Waals surface area contributed by atoms with Crippen LogP contribution in [-0.4, -0.2) is 50.0 Å². The van der Waals surface area contributed by atoms with E-state index in [4.69, 9.17) is 5.73 Å². The van der Waals surface area contributed by atoms with Gasteiger partial charge in [-0.2, -0.15) is 0 Å². The van der Waals surface area contributed by atoms with Crippen LogP contribution in [-0.2, 0) is 4.79 Å². The number of nitrogens with two attached hydrogens (primary N) is 1. The first-order valence-electron chi connectivity index (χ1n) is 7.03. The molecule has 0 bridgehead atoms. The summed E-state index contributed by atoms with van der Waals surface area (Å²) in [5.74, 6) is 0.764. The number of primary amides is 1. The number of amides is 1. The molecule has 0 aromatic carbocycles. The summed E-state index contributed by atoms with van der Waals surface area (Å²) in [6, 6.07) is 0. The molecule has 2 N–H and O–H groups in total. The number of aromatic nitrogens is 4. The molecular weight excluding hydrogens is 268 g/mol. The van der Waals surface area contributed by atoms with Crippen molar-refractivity contribution >= 4 is 5.91 Å². The Morgan fingerprint density at radius 3 is 3.05 bits per heavy atom. The molecule has 1 saturated heterocycles. The number of hydrogen-bond donors (Lipinski definition) is 1. The average Bonchev–Trinajstić information content (AvgIpc) is 3.01. The first-order chi connectivity index (χ1) is 10.2. The Bertz CT molecular complexity index is 612. The molecule has 7 heteroatoms. The van der Waals surface area contributed by atoms with Crippen molar-refractivity contribution < 1.29 is 4.79 Å². The molecule has 0 unspecified atom stereocenters. The van der Waals surface area contributed by atoms with Gasteiger partial charge in [-0.3, -0.25) is 19.2 Å². The predicted octanol–water partition coefficient (Wildman–Crippen LogP) is 0.327. The molecule has 3 rings (SSSR count). The standard InChI is InChI=1S/C14H18N6O/c15-13(21)9-19-4-1-2-11(8-19)12-6-17-7-14(18-12)20-5-3-16-10-20/h3,5-7,10-11H,1-2,4,8-9H2,(H2,15,21)/t11-/m0/s1. The third-order valence-corrected chi connectivity index (χ3v) is 3.71. The Morgan fingerprint density at radius 2 is 2.29 bits per heavy atom. The lowest BCUT2D eigenvalue weighted by Crippen LogP contribution is -2.40. The summed E-state index contributed by atoms with van der Waals surface area (Å²) >= 11 is 0. The van der Waals surface area contributed by atoms with Crippen molar-refractivity contribution in [3.8, 4) is 5.82 Å². The third-order valence-electron chi connectivity index (χ3n) is 3.71. The summed E-state index contributed by atoms with van der Waals surface area (Å²) in [6.07, 6.45) is 10.9. The summed E-state index contributed by atoms with van der Waals surface area (Å²) in [5, 5.41) is 0. The molecule has 0 aliphatic carbocycles. The van der Waals surface area contributed by atoms with Crippen molar-refractivity contribution in [3.05, 3.63) is 36.8 Å². The lowest BCUT2D eigenvalue weighted by molar-refractivity contribution is -0.119. The quantitative estimate of drug-likeness (QED) is 0.874. The monoisotopic (exact) mass is 286 g/mol. The highest BCUT2D eigenvalue weighted by Crippen LogP contribution is 2.25. The first-order valence-corrected chi connectivity index (χ1v) is 7.03. The lowest BCUT2D eigenvalue weighted by Gasteiger charge is -2.31. The van der Waals surface area contributed by atoms with E-state index in [1.54, 1.807) is 24.9 Å². The van der Waals surface area contributed by atoms with Gasteiger partial charge in [0.15, 0.2) is 5.82 Å². The lowest BCUT2D eigenvalue weighted by atomic mass is 9.95. The van der Waals surface area contributed by atoms with Crippen LogP contribution in [0.2, 0.25) is 0 Å². The van der Waals surface area contributed by atoms with Crippen LogP contribution in [0.5, 0.6) is 0 Å². The zero-order chi connectivity index (χ0) is 14.7. The van der Waals surface area contributed by atoms with Crippen LogP contribution in [0, 0.1) is 0 Å². The Labute approximate surface area is 122 Å². The molecule has 7 nitrogen and oxygen atoms in total. The van der Waals surface area contributed by atoms with E-state index in [0.717, 1.165) is 37.4 Å². The van der Waals surface area contributed by atoms with E-state index in [1.807, 2.05) is 10.8 Å². The normalized spacial score (nSPS) is 19.5. The van der Waals surface area contributed by atoms with E-state index >= 15 is 0 Å². The van der Waals surface area contributed by atoms with Crippen molar-refractivity contribution in [1.82, 2.24) is 24.4 Å². The molecule has 2 aromatic rings. The molecular formula is C14H18N6O. The van der Waals surface area contributed by atoms with Crippen molar-refractivity contribution in [2.24, 2.45) is 5.73 Å². The maximum absolute atomic E-state index is 11.1. The SMILES string of the molecule is NC(=O)CN1CCC[C@H](c2cncc(-n3ccnc3)n2)C1. The summed E-state index contributed by atoms with van der Waals surface area (Å²) in [7, 11) is 0. The molecule has 0 spiro atoms. The van der Waals surface area contributed by atoms with Gasteiger partial charge in [-0.05, 0) is 19.4 Å². The van der Waals surface area contributed by atoms with E-state index in [1.165, 1.54) is 0 Å². The molecule has 1 atom stereocenters. The minimum absolute atomic E-state index is 0.283. The number of imidazole rings is 1. The van der Waals surface area contributed by atoms with Gasteiger partial charge < -0.3 is 5.73 Å². The van der Waals surface area contributed by atoms with Crippen LogP contribution in [0.15, 0.2) is 31.1 Å². The predicted molar refractivity (Wildman–Crippen MR) is 76.8 cm³/mol. The number of carbonyl (C=O) groups is 1. The number of nitrogens with zero attached hydrogens (tertiary/aromatic N) is 5. The zero-order valence-electron chi connectivity index (χ0n) is 11.7. The van der Waals surface area contributed by atoms with Gasteiger partial charge in [0.1, 0.15) is 6.33 Å². The molecule has 1 fully saturated rings. The number of likely N-dealkylation sites (tertiary alicyclic amines) is 1. The average molecular weight is 286 g/mol. The molecule has 21 heavy (non-hydrogen) atoms. The fraction of sp³-hybridized carbons (Fsp3) is 0.429. The van der Waals surface area contributed by atoms with Crippen LogP contribution < -0.4 is 5.73 Å². The highest BCUT2D eigenvalue weighted by Gasteiger charge is 2.23. The third kappa shape index (κ3) is 3.25. The smallest absolute Gasteiger partial charge is 0.231 e. The van der Waals surface area contributed by atoms with Crippen LogP contribution in [0.4, 0.5) is 0 Å². The number of carbonyl (C=O) groups excluding carboxylic acids is 1. The van der Waals surface area contributed by atoms with Crippen LogP contribution in [0.1, 0.15) is 24.5 Å². The fourth-order valence-corrected chi connectivity index (χ4v) is 2.75. The summed E-state index contributed by atoms with van der Waals surface area (Å²) in [6.45, 7) is 2.02. The van der Waals surface area contributed by atoms with E-state index in [0.29, 0.717) is 6.54 Å². The minimum Gasteiger partial charge on any atom is -0.369 e. The van der Waals surface area contributed by atoms with E-state index in [2.05, 4.69) is 19.9 Å². The van der Waals surface area contributed by atoms with Gasteiger partial charge in [0.05, 0.1) is 18.4 Å². The van der Waals surface area contributed by atoms with Crippen LogP contribution >= 0.6 is 0 Å². The second kappa shape index (κ2) is 6.01. The fourth-order valence-electron chi connectivity index (χ4n) is 2.75. The molecule has 1 amide bonds. The molecule has 0 saturated carbocycles. The highest BCUT2D eigenvalue weighted by molar-refractivity contribution is 5.75. The van der Waals surface area contributed by atoms with Crippen molar-refractivity contribution in [2.75, 3.05) is 19.6 Å². The van der Waals surface area contributed by atoms with Gasteiger partial charge in [0.25, 0.3) is 0 Å². The van der Waals surface area contributed by atoms with E-state index < -0.39 is 0 Å². The maximum Gasteiger partial charge on any atom is 0.231 e. The largest absolute Gasteiger partial charge is 0.369 e. The van der Waals surface area contributed by atoms with E-state index in [9.17, 15) is 4.79 Å². The Hall–Kier alpha value is -2.28. The van der Waals surface area contributed by atoms with Crippen molar-refractivity contribution in [2.45, 2.75) is 18.8 Å². The van der Waals surface area contributed by atoms with Gasteiger partial charge in [0.2, 0.25) is 5.91 Å². The van der Waals surface area contributed by atoms with Gasteiger partial charge >= 0.3 is 0 Å². The molecule has 3 heterocycles. The summed E-state index contributed by atoms with van der Waals surface area (Å²) in [5.41, 5.74) is 6.23. The highest BCUT2D eigenvalue weighted by atomic mass is 16.1. The maximum atomic E-state index is 11.1. The van der Waals surface area contributed by atoms with Gasteiger partial charge in [0, 0.05) is 31.1 Å². The summed E-state index contributed by atoms with van der Waals surface area (Å²) < 4.78 is 1.83. The molecule has 1 aliphatic rings. The zero-order valence-corrected chi connectivity index (χ0v) is 11.7. The van der Waals surface area contributed by atoms with Gasteiger partial charge in [-0.1, -0.05) is 0 Å². The number of hydrogen-bond acceptors (Lipinski definition) is 5. The molecule has 0 radical (unpaired) electrons. The molecule has 1 aliphatic heterocycles. The van der Waals surface area contributed by atoms with Gasteiger partial charge in [-0.25, -0.2) is 9.97 Å². The molecule has 2 aromatic heterocycles. The second-order valence-electron chi connectivity index (χ2n) is 5.31. The number of rotatable bonds is 4. The van der Waals surface area contributed by atoms with Crippen LogP contribution in [0.25, 0.3) is 5.82 Å². The van der Waals surface area contributed by atoms with Gasteiger partial charge in [-0.15, -0.1) is 0 Å². The van der Waals surface area contributed by atoms with E-state index in [-0.39, 0.29) is 11.8 Å². The topological polar surface area (TPSA) is 89.9 Å². The van der Waals surface area contributed by atoms with Crippen molar-refractivity contribution in [1.29, 1.82) is 0 Å². The Kier molecular flexibility index (Phi) is 3.92.